The van der Waals surface area contributed by atoms with E-state index >= 15 is 0 Å². The molecule has 0 saturated heterocycles. The van der Waals surface area contributed by atoms with Gasteiger partial charge in [0.2, 0.25) is 99.7 Å². The molecule has 0 spiro atoms. The normalized spacial score (nSPS) is 14.5. The average molecular weight is 1970 g/mol. The van der Waals surface area contributed by atoms with Crippen LogP contribution in [0.1, 0.15) is 115 Å². The monoisotopic (exact) mass is 1970 g/mol. The lowest BCUT2D eigenvalue weighted by Gasteiger charge is -2.27. The highest BCUT2D eigenvalue weighted by atomic mass is 32.1. The first-order valence-corrected chi connectivity index (χ1v) is 43.6. The second-order valence-electron chi connectivity index (χ2n) is 28.9. The molecule has 0 bridgehead atoms. The first kappa shape index (κ1) is 119. The van der Waals surface area contributed by atoms with Gasteiger partial charge in [-0.3, -0.25) is 112 Å². The van der Waals surface area contributed by atoms with E-state index in [1.54, 1.807) is 0 Å². The third-order valence-electron chi connectivity index (χ3n) is 18.7. The van der Waals surface area contributed by atoms with Crippen molar-refractivity contribution in [3.63, 3.8) is 0 Å². The molecular weight excluding hydrogens is 1860 g/mol. The van der Waals surface area contributed by atoms with Crippen molar-refractivity contribution in [2.45, 2.75) is 213 Å². The molecule has 61 heteroatoms. The molecule has 0 aliphatic heterocycles. The number of thiol groups is 5. The number of amides is 11. The van der Waals surface area contributed by atoms with Crippen molar-refractivity contribution < 1.29 is 136 Å². The highest BCUT2D eigenvalue weighted by molar-refractivity contribution is 7.81. The molecule has 132 heavy (non-hydrogen) atoms. The minimum Gasteiger partial charge on any atom is -0.481 e. The van der Waals surface area contributed by atoms with Gasteiger partial charge in [-0.25, -0.2) is 47.5 Å². The number of ketones is 6. The highest BCUT2D eigenvalue weighted by Gasteiger charge is 2.40. The van der Waals surface area contributed by atoms with E-state index in [-0.39, 0.29) is 107 Å². The molecule has 0 aliphatic rings. The van der Waals surface area contributed by atoms with Gasteiger partial charge in [-0.1, -0.05) is 6.42 Å². The smallest absolute Gasteiger partial charge is 0.342 e. The number of nitro groups is 1. The predicted molar refractivity (Wildman–Crippen MR) is 476 cm³/mol. The maximum Gasteiger partial charge on any atom is 0.342 e. The summed E-state index contributed by atoms with van der Waals surface area (Å²) in [6.45, 7) is -1.20. The minimum absolute atomic E-state index is 0.0408. The van der Waals surface area contributed by atoms with Crippen LogP contribution in [-0.4, -0.2) is 335 Å². The summed E-state index contributed by atoms with van der Waals surface area (Å²) < 4.78 is 1.22. The van der Waals surface area contributed by atoms with Crippen molar-refractivity contribution in [3.8, 4) is 0 Å². The van der Waals surface area contributed by atoms with E-state index in [1.165, 1.54) is 11.5 Å². The first-order chi connectivity index (χ1) is 62.3. The number of hydrogen-bond donors (Lipinski definition) is 34. The average Bonchev–Trinajstić information content (AvgIpc) is 1.63. The first-order valence-electron chi connectivity index (χ1n) is 40.5. The van der Waals surface area contributed by atoms with E-state index in [1.807, 2.05) is 0 Å². The van der Waals surface area contributed by atoms with Crippen LogP contribution in [0.2, 0.25) is 0 Å². The number of nitrogens with zero attached hydrogens (tertiary/aromatic N) is 3. The molecule has 1 heterocycles. The van der Waals surface area contributed by atoms with Crippen molar-refractivity contribution in [1.82, 2.24) is 106 Å². The number of unbranched alkanes of at least 4 members (excludes halogenated alkanes) is 2. The number of hydrogen-bond acceptors (Lipinski definition) is 42. The predicted octanol–water partition coefficient (Wildman–Crippen LogP) is -13.4. The second kappa shape index (κ2) is 64.7. The Morgan fingerprint density at radius 3 is 1.27 bits per heavy atom. The van der Waals surface area contributed by atoms with Gasteiger partial charge in [0.05, 0.1) is 62.6 Å². The maximum absolute atomic E-state index is 14.2. The van der Waals surface area contributed by atoms with Gasteiger partial charge in [0.15, 0.2) is 11.8 Å². The van der Waals surface area contributed by atoms with Gasteiger partial charge < -0.3 is 122 Å². The van der Waals surface area contributed by atoms with Crippen LogP contribution >= 0.6 is 63.1 Å². The van der Waals surface area contributed by atoms with Crippen LogP contribution in [0.5, 0.6) is 0 Å². The Bertz CT molecular complexity index is 4180. The van der Waals surface area contributed by atoms with E-state index in [9.17, 15) is 141 Å². The number of imidazole rings is 1. The molecule has 1 rings (SSSR count). The third-order valence-corrected chi connectivity index (χ3v) is 20.6. The van der Waals surface area contributed by atoms with Gasteiger partial charge in [-0.15, -0.1) is 0 Å². The zero-order valence-corrected chi connectivity index (χ0v) is 75.8. The fourth-order valence-corrected chi connectivity index (χ4v) is 12.7. The summed E-state index contributed by atoms with van der Waals surface area (Å²) in [6, 6.07) is -26.1. The number of carboxylic acid groups (broad SMARTS) is 4. The number of hydrazine groups is 4. The van der Waals surface area contributed by atoms with Crippen LogP contribution in [0.25, 0.3) is 0 Å². The van der Waals surface area contributed by atoms with Gasteiger partial charge in [0, 0.05) is 68.0 Å². The van der Waals surface area contributed by atoms with Crippen molar-refractivity contribution in [3.05, 3.63) is 22.1 Å². The van der Waals surface area contributed by atoms with E-state index in [4.69, 9.17) is 34.1 Å². The number of Topliss-reactive ketones (excluding diaryl/α,β-unsaturated/α-hetero) is 6. The fourth-order valence-electron chi connectivity index (χ4n) is 11.5. The van der Waals surface area contributed by atoms with E-state index in [2.05, 4.69) is 165 Å². The van der Waals surface area contributed by atoms with E-state index in [0.717, 1.165) is 6.20 Å². The number of nitrogens with two attached hydrogens (primary N) is 5. The summed E-state index contributed by atoms with van der Waals surface area (Å²) >= 11 is 20.3. The number of carbonyl (C=O) groups is 22. The Hall–Kier alpha value is -11.1. The zero-order chi connectivity index (χ0) is 100. The van der Waals surface area contributed by atoms with Crippen molar-refractivity contribution in [2.24, 2.45) is 28.7 Å². The lowest BCUT2D eigenvalue weighted by molar-refractivity contribution is -0.392. The van der Waals surface area contributed by atoms with Crippen LogP contribution in [0, 0.1) is 22.4 Å². The molecule has 0 aromatic carbocycles. The SMILES string of the molecule is Cc1ncc([N+](=O)[O-])n1CCNN[C@@H](CCC(=O)O)C(=O)N[C@@H](CC(=O)O)C(=O)N[C@@H](CCCCN)C(=O)N[C@@H](CC(N)=O)C(=O)N[C@@H](CS)C(=O)NCC(=O)C(=O)[C@H](CCCCN)NN[C@@H](CCC(N)=O)C(=O)C(=O)[C@H](CO)NN[C@@H](CS)C(=O)C(=O)[C@H](CCCNC(=N)N)NN[C@@H](CC(=O)O)C(=O)N[C@@H](CS)C(=O)N[C@@H](CCC(=O)O)C(=O)N[C@@H](CS)C(=O)N[C@H](C=O)CS. The third kappa shape index (κ3) is 45.4. The lowest BCUT2D eigenvalue weighted by atomic mass is 9.99. The standard InChI is InChI=1S/C71H117N27O29S5/c1-33-79-25-52(98(126)127)97(33)20-19-81-90-40(12-15-54(106)107)65(120)86-42(22-55(108)109)67(122)83-38(8-3-5-17-73)63(118)85-41(21-51(75)103)66(121)87-46(30-130)62(117)80-24-49(101)57(112)35(7-2-4-16-72)91-93-37(10-13-50(74)102)59(114)60(115)44(27-100)95-96-45(29-129)61(116)58(113)36(9-6-18-78-71(76)77)92-94-43(23-56(110)111)68(123)89-48(32-132)70(125)84-39(11-14-53(104)105)64(119)88-47(31-131)69(124)82-34(26-99)28-128/h25-26,34-48,81,90-96,100,128-132H,2-24,27-32,72-73H2,1H3,(H2,74,102)(H2,75,103)(H,80,117)(H,82,124)(H,83,122)(H,84,125)(H,85,118)(H,86,120)(H,87,121)(H,88,119)(H,89,123)(H,104,105)(H,106,107)(H,108,109)(H,110,111)(H4,76,77,78)/t34-,35+,36+,37+,38+,39+,40+,41+,42+,43+,44+,45+,46+,47+,48+/m1/s1. The van der Waals surface area contributed by atoms with Gasteiger partial charge in [0.25, 0.3) is 0 Å². The molecule has 0 unspecified atom stereocenters. The summed E-state index contributed by atoms with van der Waals surface area (Å²) in [5, 5.41) is 90.5. The van der Waals surface area contributed by atoms with Crippen molar-refractivity contribution >= 4 is 205 Å². The molecule has 0 radical (unpaired) electrons. The molecule has 1 aromatic rings. The van der Waals surface area contributed by atoms with Crippen LogP contribution < -0.4 is 125 Å². The largest absolute Gasteiger partial charge is 0.481 e. The number of aldehydes is 1. The van der Waals surface area contributed by atoms with Gasteiger partial charge in [-0.2, -0.15) is 63.1 Å². The fraction of sp³-hybridized carbons (Fsp3) is 0.634. The molecule has 1 aromatic heterocycles. The minimum atomic E-state index is -2.04. The molecule has 15 atom stereocenters. The number of aliphatic hydroxyl groups excluding tert-OH is 1. The molecule has 0 fully saturated rings. The summed E-state index contributed by atoms with van der Waals surface area (Å²) in [5.41, 5.74) is 47.0. The van der Waals surface area contributed by atoms with Crippen molar-refractivity contribution in [2.75, 3.05) is 68.1 Å². The molecule has 56 nitrogen and oxygen atoms in total. The molecule has 34 N–H and O–H groups in total. The van der Waals surface area contributed by atoms with E-state index in [0.29, 0.717) is 6.29 Å². The van der Waals surface area contributed by atoms with E-state index < -0.39 is 313 Å². The Balaban J connectivity index is 3.48. The van der Waals surface area contributed by atoms with Crippen LogP contribution in [0.15, 0.2) is 6.20 Å². The summed E-state index contributed by atoms with van der Waals surface area (Å²) in [6.07, 6.45) is -6.12. The quantitative estimate of drug-likeness (QED) is 0.00421. The summed E-state index contributed by atoms with van der Waals surface area (Å²) in [4.78, 5) is 305. The Morgan fingerprint density at radius 2 is 0.811 bits per heavy atom. The number of aromatic nitrogens is 2. The highest BCUT2D eigenvalue weighted by Crippen LogP contribution is 2.15. The number of nitrogens with one attached hydrogen (secondary N) is 19. The van der Waals surface area contributed by atoms with Gasteiger partial charge >= 0.3 is 29.7 Å². The molecular formula is C71H117N27O29S5. The van der Waals surface area contributed by atoms with Crippen LogP contribution in [-0.2, 0) is 112 Å². The number of aliphatic carboxylic acids is 4. The Labute approximate surface area is 780 Å². The number of rotatable bonds is 76. The molecule has 11 amide bonds. The number of primary amides is 2. The number of guanidine groups is 1. The Morgan fingerprint density at radius 1 is 0.432 bits per heavy atom. The Kier molecular flexibility index (Phi) is 58.3. The number of carboxylic acids is 4. The number of carbonyl (C=O) groups excluding carboxylic acids is 18. The summed E-state index contributed by atoms with van der Waals surface area (Å²) in [7, 11) is 0. The zero-order valence-electron chi connectivity index (χ0n) is 71.3. The molecule has 0 saturated carbocycles. The van der Waals surface area contributed by atoms with Crippen molar-refractivity contribution in [1.29, 1.82) is 5.41 Å². The molecule has 0 aliphatic carbocycles. The van der Waals surface area contributed by atoms with Gasteiger partial charge in [-0.05, 0) is 82.2 Å². The second-order valence-corrected chi connectivity index (χ2v) is 30.7. The topological polar surface area (TPSA) is 908 Å². The van der Waals surface area contributed by atoms with Crippen LogP contribution in [0.3, 0.4) is 0 Å². The van der Waals surface area contributed by atoms with Crippen LogP contribution in [0.4, 0.5) is 5.82 Å². The number of aliphatic hydroxyl groups is 1. The summed E-state index contributed by atoms with van der Waals surface area (Å²) in [5.74, 6) is -30.5. The lowest BCUT2D eigenvalue weighted by Crippen LogP contribution is -2.62. The maximum atomic E-state index is 14.2. The number of aryl methyl sites for hydroxylation is 1. The van der Waals surface area contributed by atoms with Gasteiger partial charge in [0.1, 0.15) is 79.4 Å². The molecule has 740 valence electrons.